The normalized spacial score (nSPS) is 20.4. The lowest BCUT2D eigenvalue weighted by molar-refractivity contribution is -0.124. The van der Waals surface area contributed by atoms with Crippen LogP contribution in [0.2, 0.25) is 5.02 Å². The highest BCUT2D eigenvalue weighted by molar-refractivity contribution is 6.31. The third-order valence-electron chi connectivity index (χ3n) is 4.76. The number of aryl methyl sites for hydroxylation is 1. The van der Waals surface area contributed by atoms with Crippen molar-refractivity contribution in [3.8, 4) is 0 Å². The molecule has 6 heteroatoms. The Labute approximate surface area is 146 Å². The fraction of sp³-hybridized carbons (Fsp3) is 0.444. The molecule has 1 saturated carbocycles. The summed E-state index contributed by atoms with van der Waals surface area (Å²) in [5.41, 5.74) is 6.50. The maximum Gasteiger partial charge on any atom is 0.222 e. The molecule has 24 heavy (non-hydrogen) atoms. The highest BCUT2D eigenvalue weighted by Crippen LogP contribution is 2.25. The van der Waals surface area contributed by atoms with Crippen LogP contribution < -0.4 is 11.1 Å². The Morgan fingerprint density at radius 3 is 2.92 bits per heavy atom. The molecule has 0 saturated heterocycles. The lowest BCUT2D eigenvalue weighted by Gasteiger charge is -2.18. The summed E-state index contributed by atoms with van der Waals surface area (Å²) >= 11 is 5.99. The summed E-state index contributed by atoms with van der Waals surface area (Å²) in [6.45, 7) is 0.766. The third kappa shape index (κ3) is 3.73. The van der Waals surface area contributed by atoms with Crippen LogP contribution in [-0.2, 0) is 16.1 Å². The van der Waals surface area contributed by atoms with Crippen molar-refractivity contribution in [3.63, 3.8) is 0 Å². The molecule has 1 fully saturated rings. The summed E-state index contributed by atoms with van der Waals surface area (Å²) in [4.78, 5) is 23.5. The number of nitrogens with two attached hydrogens (primary N) is 1. The van der Waals surface area contributed by atoms with Crippen molar-refractivity contribution >= 4 is 34.3 Å². The molecule has 1 aliphatic rings. The topological polar surface area (TPSA) is 77.1 Å². The van der Waals surface area contributed by atoms with Gasteiger partial charge in [-0.15, -0.1) is 0 Å². The van der Waals surface area contributed by atoms with Crippen LogP contribution in [0.1, 0.15) is 32.1 Å². The zero-order chi connectivity index (χ0) is 17.1. The molecule has 0 radical (unpaired) electrons. The summed E-state index contributed by atoms with van der Waals surface area (Å²) in [5, 5.41) is 4.79. The van der Waals surface area contributed by atoms with Crippen LogP contribution in [-0.4, -0.2) is 22.4 Å². The molecule has 2 aromatic rings. The first-order chi connectivity index (χ1) is 11.5. The number of hydrogen-bond acceptors (Lipinski definition) is 2. The fourth-order valence-electron chi connectivity index (χ4n) is 3.53. The minimum atomic E-state index is -0.310. The van der Waals surface area contributed by atoms with Gasteiger partial charge in [0.25, 0.3) is 0 Å². The predicted molar refractivity (Wildman–Crippen MR) is 94.6 cm³/mol. The third-order valence-corrected chi connectivity index (χ3v) is 5.00. The van der Waals surface area contributed by atoms with Crippen molar-refractivity contribution in [2.45, 2.75) is 44.7 Å². The highest BCUT2D eigenvalue weighted by Gasteiger charge is 2.32. The molecule has 0 unspecified atom stereocenters. The number of halogens is 1. The van der Waals surface area contributed by atoms with Gasteiger partial charge < -0.3 is 15.6 Å². The van der Waals surface area contributed by atoms with Gasteiger partial charge in [0.15, 0.2) is 0 Å². The molecular weight excluding hydrogens is 326 g/mol. The number of amides is 2. The van der Waals surface area contributed by atoms with Gasteiger partial charge in [-0.05, 0) is 43.5 Å². The average Bonchev–Trinajstić information content (AvgIpc) is 3.14. The number of nitrogens with zero attached hydrogens (tertiary/aromatic N) is 1. The second-order valence-corrected chi connectivity index (χ2v) is 6.87. The first-order valence-corrected chi connectivity index (χ1v) is 8.75. The van der Waals surface area contributed by atoms with Crippen molar-refractivity contribution < 1.29 is 9.59 Å². The summed E-state index contributed by atoms with van der Waals surface area (Å²) in [6, 6.07) is 7.73. The number of rotatable bonds is 6. The van der Waals surface area contributed by atoms with Gasteiger partial charge in [-0.1, -0.05) is 18.0 Å². The summed E-state index contributed by atoms with van der Waals surface area (Å²) in [6.07, 6.45) is 5.75. The Bertz CT molecular complexity index is 756. The molecule has 0 bridgehead atoms. The number of aromatic nitrogens is 1. The lowest BCUT2D eigenvalue weighted by Crippen LogP contribution is -2.42. The van der Waals surface area contributed by atoms with E-state index < -0.39 is 0 Å². The van der Waals surface area contributed by atoms with Crippen molar-refractivity contribution in [2.24, 2.45) is 11.7 Å². The number of fused-ring (bicyclic) bond motifs is 1. The van der Waals surface area contributed by atoms with Gasteiger partial charge >= 0.3 is 0 Å². The van der Waals surface area contributed by atoms with Crippen LogP contribution in [0.4, 0.5) is 0 Å². The van der Waals surface area contributed by atoms with E-state index in [1.807, 2.05) is 30.5 Å². The number of nitrogens with one attached hydrogen (secondary N) is 1. The Balaban J connectivity index is 1.50. The molecular formula is C18H22ClN3O2. The van der Waals surface area contributed by atoms with E-state index in [0.717, 1.165) is 48.2 Å². The molecule has 0 aliphatic heterocycles. The first-order valence-electron chi connectivity index (χ1n) is 8.37. The minimum absolute atomic E-state index is 0.00680. The average molecular weight is 348 g/mol. The van der Waals surface area contributed by atoms with Gasteiger partial charge in [-0.25, -0.2) is 0 Å². The molecule has 3 rings (SSSR count). The van der Waals surface area contributed by atoms with Gasteiger partial charge in [0, 0.05) is 41.1 Å². The zero-order valence-electron chi connectivity index (χ0n) is 13.5. The Kier molecular flexibility index (Phi) is 5.09. The number of carbonyl (C=O) groups excluding carboxylic acids is 2. The molecule has 0 spiro atoms. The molecule has 2 amide bonds. The number of benzene rings is 1. The number of hydrogen-bond donors (Lipinski definition) is 2. The maximum atomic E-state index is 12.1. The monoisotopic (exact) mass is 347 g/mol. The second-order valence-electron chi connectivity index (χ2n) is 6.43. The molecule has 3 N–H and O–H groups in total. The number of carbonyl (C=O) groups is 2. The van der Waals surface area contributed by atoms with E-state index in [1.165, 1.54) is 0 Å². The largest absolute Gasteiger partial charge is 0.369 e. The predicted octanol–water partition coefficient (Wildman–Crippen LogP) is 2.85. The summed E-state index contributed by atoms with van der Waals surface area (Å²) in [7, 11) is 0. The SMILES string of the molecule is NC(=O)[C@@H]1CCC[C@@H]1NC(=O)CCCn1ccc2cc(Cl)ccc21. The Hall–Kier alpha value is -2.01. The summed E-state index contributed by atoms with van der Waals surface area (Å²) in [5.74, 6) is -0.532. The van der Waals surface area contributed by atoms with E-state index in [0.29, 0.717) is 6.42 Å². The quantitative estimate of drug-likeness (QED) is 0.842. The molecule has 1 aromatic heterocycles. The van der Waals surface area contributed by atoms with Gasteiger partial charge in [0.2, 0.25) is 11.8 Å². The molecule has 1 aliphatic carbocycles. The van der Waals surface area contributed by atoms with Crippen LogP contribution in [0.5, 0.6) is 0 Å². The first kappa shape index (κ1) is 16.8. The Morgan fingerprint density at radius 2 is 2.12 bits per heavy atom. The highest BCUT2D eigenvalue weighted by atomic mass is 35.5. The molecule has 2 atom stereocenters. The van der Waals surface area contributed by atoms with Crippen molar-refractivity contribution in [1.82, 2.24) is 9.88 Å². The van der Waals surface area contributed by atoms with Crippen molar-refractivity contribution in [2.75, 3.05) is 0 Å². The smallest absolute Gasteiger partial charge is 0.222 e. The molecule has 1 heterocycles. The van der Waals surface area contributed by atoms with Crippen LogP contribution in [0.25, 0.3) is 10.9 Å². The standard InChI is InChI=1S/C18H22ClN3O2/c19-13-6-7-16-12(11-13)8-10-22(16)9-2-5-17(23)21-15-4-1-3-14(15)18(20)24/h6-8,10-11,14-15H,1-5,9H2,(H2,20,24)(H,21,23)/t14-,15+/m1/s1. The van der Waals surface area contributed by atoms with Crippen molar-refractivity contribution in [1.29, 1.82) is 0 Å². The van der Waals surface area contributed by atoms with E-state index in [2.05, 4.69) is 9.88 Å². The van der Waals surface area contributed by atoms with Crippen LogP contribution in [0, 0.1) is 5.92 Å². The van der Waals surface area contributed by atoms with E-state index in [-0.39, 0.29) is 23.8 Å². The van der Waals surface area contributed by atoms with Gasteiger partial charge in [0.1, 0.15) is 0 Å². The summed E-state index contributed by atoms with van der Waals surface area (Å²) < 4.78 is 2.13. The fourth-order valence-corrected chi connectivity index (χ4v) is 3.71. The maximum absolute atomic E-state index is 12.1. The van der Waals surface area contributed by atoms with E-state index in [9.17, 15) is 9.59 Å². The van der Waals surface area contributed by atoms with E-state index >= 15 is 0 Å². The van der Waals surface area contributed by atoms with Gasteiger partial charge in [-0.2, -0.15) is 0 Å². The Morgan fingerprint density at radius 1 is 1.29 bits per heavy atom. The zero-order valence-corrected chi connectivity index (χ0v) is 14.3. The molecule has 1 aromatic carbocycles. The van der Waals surface area contributed by atoms with Gasteiger partial charge in [0.05, 0.1) is 5.92 Å². The van der Waals surface area contributed by atoms with Gasteiger partial charge in [-0.3, -0.25) is 9.59 Å². The molecule has 128 valence electrons. The van der Waals surface area contributed by atoms with Crippen molar-refractivity contribution in [3.05, 3.63) is 35.5 Å². The lowest BCUT2D eigenvalue weighted by atomic mass is 10.0. The van der Waals surface area contributed by atoms with Crippen LogP contribution in [0.3, 0.4) is 0 Å². The molecule has 5 nitrogen and oxygen atoms in total. The minimum Gasteiger partial charge on any atom is -0.369 e. The van der Waals surface area contributed by atoms with E-state index in [1.54, 1.807) is 0 Å². The number of primary amides is 1. The second kappa shape index (κ2) is 7.26. The van der Waals surface area contributed by atoms with E-state index in [4.69, 9.17) is 17.3 Å². The van der Waals surface area contributed by atoms with Crippen LogP contribution >= 0.6 is 11.6 Å². The van der Waals surface area contributed by atoms with Crippen LogP contribution in [0.15, 0.2) is 30.5 Å².